The summed E-state index contributed by atoms with van der Waals surface area (Å²) in [4.78, 5) is 7.37. The van der Waals surface area contributed by atoms with Gasteiger partial charge in [0.2, 0.25) is 0 Å². The summed E-state index contributed by atoms with van der Waals surface area (Å²) in [6, 6.07) is 8.62. The Morgan fingerprint density at radius 2 is 1.96 bits per heavy atom. The lowest BCUT2D eigenvalue weighted by atomic mass is 9.97. The van der Waals surface area contributed by atoms with Gasteiger partial charge in [-0.3, -0.25) is 0 Å². The molecule has 1 aliphatic rings. The topological polar surface area (TPSA) is 39.7 Å². The number of benzene rings is 1. The maximum Gasteiger partial charge on any atom is 0.191 e. The number of aryl methyl sites for hydroxylation is 1. The van der Waals surface area contributed by atoms with Crippen LogP contribution in [0.5, 0.6) is 0 Å². The number of aliphatic imine (C=N–C) groups is 1. The molecule has 26 heavy (non-hydrogen) atoms. The van der Waals surface area contributed by atoms with Gasteiger partial charge < -0.3 is 15.5 Å². The van der Waals surface area contributed by atoms with Crippen LogP contribution in [0.2, 0.25) is 0 Å². The molecule has 0 bridgehead atoms. The summed E-state index contributed by atoms with van der Waals surface area (Å²) < 4.78 is 0. The monoisotopic (exact) mass is 472 g/mol. The number of nitrogens with zero attached hydrogens (tertiary/aromatic N) is 2. The van der Waals surface area contributed by atoms with Crippen molar-refractivity contribution in [2.24, 2.45) is 16.8 Å². The van der Waals surface area contributed by atoms with Crippen LogP contribution in [-0.2, 0) is 6.54 Å². The number of piperidine rings is 1. The van der Waals surface area contributed by atoms with E-state index < -0.39 is 0 Å². The molecule has 1 atom stereocenters. The second-order valence-corrected chi connectivity index (χ2v) is 7.72. The third kappa shape index (κ3) is 8.71. The van der Waals surface area contributed by atoms with Crippen molar-refractivity contribution in [2.75, 3.05) is 32.7 Å². The summed E-state index contributed by atoms with van der Waals surface area (Å²) in [7, 11) is 0. The molecule has 0 aliphatic carbocycles. The Kier molecular flexibility index (Phi) is 11.2. The summed E-state index contributed by atoms with van der Waals surface area (Å²) in [6.07, 6.45) is 2.63. The van der Waals surface area contributed by atoms with Crippen LogP contribution in [0.4, 0.5) is 0 Å². The minimum Gasteiger partial charge on any atom is -0.357 e. The van der Waals surface area contributed by atoms with E-state index in [2.05, 4.69) is 67.5 Å². The zero-order valence-electron chi connectivity index (χ0n) is 16.9. The molecule has 148 valence electrons. The van der Waals surface area contributed by atoms with Gasteiger partial charge in [0.15, 0.2) is 5.96 Å². The van der Waals surface area contributed by atoms with Crippen molar-refractivity contribution < 1.29 is 0 Å². The van der Waals surface area contributed by atoms with E-state index in [1.165, 1.54) is 43.6 Å². The second-order valence-electron chi connectivity index (χ2n) is 7.72. The first kappa shape index (κ1) is 23.2. The molecule has 1 unspecified atom stereocenters. The Morgan fingerprint density at radius 3 is 2.62 bits per heavy atom. The Hall–Kier alpha value is -0.820. The van der Waals surface area contributed by atoms with Crippen molar-refractivity contribution in [3.8, 4) is 0 Å². The van der Waals surface area contributed by atoms with Gasteiger partial charge in [0.05, 0.1) is 6.54 Å². The quantitative estimate of drug-likeness (QED) is 0.358. The van der Waals surface area contributed by atoms with E-state index in [9.17, 15) is 0 Å². The minimum atomic E-state index is 0. The standard InChI is InChI=1S/C21H36N4.HI/c1-5-22-21(23-13-19-10-8-18(4)9-11-19)24-14-20-7-6-12-25(16-20)15-17(2)3;/h8-11,17,20H,5-7,12-16H2,1-4H3,(H2,22,23,24);1H. The fraction of sp³-hybridized carbons (Fsp3) is 0.667. The molecular weight excluding hydrogens is 435 g/mol. The van der Waals surface area contributed by atoms with Crippen molar-refractivity contribution in [3.05, 3.63) is 35.4 Å². The van der Waals surface area contributed by atoms with Crippen LogP contribution in [0.3, 0.4) is 0 Å². The van der Waals surface area contributed by atoms with Crippen LogP contribution in [0, 0.1) is 18.8 Å². The zero-order chi connectivity index (χ0) is 18.1. The predicted molar refractivity (Wildman–Crippen MR) is 123 cm³/mol. The van der Waals surface area contributed by atoms with Gasteiger partial charge in [-0.2, -0.15) is 0 Å². The maximum atomic E-state index is 4.75. The number of halogens is 1. The van der Waals surface area contributed by atoms with E-state index in [1.807, 2.05) is 0 Å². The summed E-state index contributed by atoms with van der Waals surface area (Å²) in [5.74, 6) is 2.40. The summed E-state index contributed by atoms with van der Waals surface area (Å²) >= 11 is 0. The number of guanidine groups is 1. The molecule has 1 aliphatic heterocycles. The first-order chi connectivity index (χ1) is 12.1. The van der Waals surface area contributed by atoms with Gasteiger partial charge in [-0.1, -0.05) is 43.7 Å². The van der Waals surface area contributed by atoms with Crippen LogP contribution in [0.15, 0.2) is 29.3 Å². The van der Waals surface area contributed by atoms with Crippen LogP contribution in [-0.4, -0.2) is 43.6 Å². The Bertz CT molecular complexity index is 527. The smallest absolute Gasteiger partial charge is 0.191 e. The molecule has 0 aromatic heterocycles. The average Bonchev–Trinajstić information content (AvgIpc) is 2.58. The Balaban J connectivity index is 0.00000338. The molecule has 1 saturated heterocycles. The van der Waals surface area contributed by atoms with Crippen molar-refractivity contribution in [3.63, 3.8) is 0 Å². The van der Waals surface area contributed by atoms with Crippen LogP contribution in [0.1, 0.15) is 44.7 Å². The molecular formula is C21H37IN4. The van der Waals surface area contributed by atoms with E-state index in [0.29, 0.717) is 0 Å². The molecule has 1 aromatic carbocycles. The summed E-state index contributed by atoms with van der Waals surface area (Å²) in [5.41, 5.74) is 2.55. The number of likely N-dealkylation sites (tertiary alicyclic amines) is 1. The minimum absolute atomic E-state index is 0. The normalized spacial score (nSPS) is 18.5. The number of hydrogen-bond donors (Lipinski definition) is 2. The highest BCUT2D eigenvalue weighted by Gasteiger charge is 2.20. The zero-order valence-corrected chi connectivity index (χ0v) is 19.3. The molecule has 1 aromatic rings. The summed E-state index contributed by atoms with van der Waals surface area (Å²) in [5, 5.41) is 6.93. The third-order valence-corrected chi connectivity index (χ3v) is 4.67. The third-order valence-electron chi connectivity index (χ3n) is 4.67. The molecule has 1 fully saturated rings. The SMILES string of the molecule is CCNC(=NCc1ccc(C)cc1)NCC1CCCN(CC(C)C)C1.I. The van der Waals surface area contributed by atoms with Gasteiger partial charge in [-0.25, -0.2) is 4.99 Å². The van der Waals surface area contributed by atoms with E-state index in [-0.39, 0.29) is 24.0 Å². The summed E-state index contributed by atoms with van der Waals surface area (Å²) in [6.45, 7) is 15.2. The van der Waals surface area contributed by atoms with Gasteiger partial charge in [0.25, 0.3) is 0 Å². The van der Waals surface area contributed by atoms with Crippen LogP contribution in [0.25, 0.3) is 0 Å². The average molecular weight is 472 g/mol. The molecule has 2 rings (SSSR count). The van der Waals surface area contributed by atoms with Gasteiger partial charge in [0, 0.05) is 26.2 Å². The van der Waals surface area contributed by atoms with Crippen molar-refractivity contribution in [1.82, 2.24) is 15.5 Å². The lowest BCUT2D eigenvalue weighted by molar-refractivity contribution is 0.159. The maximum absolute atomic E-state index is 4.75. The lowest BCUT2D eigenvalue weighted by Crippen LogP contribution is -2.45. The van der Waals surface area contributed by atoms with Gasteiger partial charge >= 0.3 is 0 Å². The molecule has 0 saturated carbocycles. The Morgan fingerprint density at radius 1 is 1.23 bits per heavy atom. The van der Waals surface area contributed by atoms with Gasteiger partial charge in [-0.05, 0) is 50.6 Å². The van der Waals surface area contributed by atoms with Crippen molar-refractivity contribution >= 4 is 29.9 Å². The number of rotatable bonds is 7. The lowest BCUT2D eigenvalue weighted by Gasteiger charge is -2.34. The largest absolute Gasteiger partial charge is 0.357 e. The van der Waals surface area contributed by atoms with Crippen LogP contribution >= 0.6 is 24.0 Å². The molecule has 1 heterocycles. The highest BCUT2D eigenvalue weighted by atomic mass is 127. The van der Waals surface area contributed by atoms with E-state index in [0.717, 1.165) is 37.4 Å². The van der Waals surface area contributed by atoms with E-state index in [4.69, 9.17) is 4.99 Å². The first-order valence-corrected chi connectivity index (χ1v) is 9.87. The molecule has 0 spiro atoms. The Labute approximate surface area is 177 Å². The first-order valence-electron chi connectivity index (χ1n) is 9.87. The second kappa shape index (κ2) is 12.5. The highest BCUT2D eigenvalue weighted by Crippen LogP contribution is 2.16. The molecule has 0 radical (unpaired) electrons. The van der Waals surface area contributed by atoms with E-state index in [1.54, 1.807) is 0 Å². The highest BCUT2D eigenvalue weighted by molar-refractivity contribution is 14.0. The van der Waals surface area contributed by atoms with Crippen molar-refractivity contribution in [2.45, 2.75) is 47.1 Å². The molecule has 0 amide bonds. The van der Waals surface area contributed by atoms with Crippen LogP contribution < -0.4 is 10.6 Å². The van der Waals surface area contributed by atoms with Gasteiger partial charge in [-0.15, -0.1) is 24.0 Å². The predicted octanol–water partition coefficient (Wildman–Crippen LogP) is 4.04. The van der Waals surface area contributed by atoms with Crippen molar-refractivity contribution in [1.29, 1.82) is 0 Å². The molecule has 4 nitrogen and oxygen atoms in total. The van der Waals surface area contributed by atoms with Gasteiger partial charge in [0.1, 0.15) is 0 Å². The fourth-order valence-corrected chi connectivity index (χ4v) is 3.45. The fourth-order valence-electron chi connectivity index (χ4n) is 3.45. The number of hydrogen-bond acceptors (Lipinski definition) is 2. The number of nitrogens with one attached hydrogen (secondary N) is 2. The van der Waals surface area contributed by atoms with E-state index >= 15 is 0 Å². The molecule has 2 N–H and O–H groups in total. The molecule has 5 heteroatoms.